The van der Waals surface area contributed by atoms with Gasteiger partial charge in [0.25, 0.3) is 5.69 Å². The summed E-state index contributed by atoms with van der Waals surface area (Å²) in [6, 6.07) is 6.11. The molecule has 1 saturated carbocycles. The lowest BCUT2D eigenvalue weighted by atomic mass is 9.96. The number of β-amino-alcohol motifs (C(OH)–C–C–N with tert-alkyl or cyclic N) is 1. The van der Waals surface area contributed by atoms with Gasteiger partial charge in [-0.05, 0) is 43.7 Å². The van der Waals surface area contributed by atoms with Gasteiger partial charge in [0.05, 0.1) is 16.9 Å². The summed E-state index contributed by atoms with van der Waals surface area (Å²) in [4.78, 5) is 24.8. The van der Waals surface area contributed by atoms with Crippen LogP contribution in [-0.2, 0) is 4.79 Å². The molecule has 1 amide bonds. The van der Waals surface area contributed by atoms with E-state index in [4.69, 9.17) is 0 Å². The van der Waals surface area contributed by atoms with E-state index in [0.717, 1.165) is 25.9 Å². The van der Waals surface area contributed by atoms with Gasteiger partial charge < -0.3 is 10.4 Å². The predicted octanol–water partition coefficient (Wildman–Crippen LogP) is 1.87. The quantitative estimate of drug-likeness (QED) is 0.580. The highest BCUT2D eigenvalue weighted by molar-refractivity contribution is 5.79. The Hall–Kier alpha value is -1.99. The van der Waals surface area contributed by atoms with Crippen molar-refractivity contribution in [1.82, 2.24) is 10.2 Å². The van der Waals surface area contributed by atoms with Gasteiger partial charge in [0, 0.05) is 31.8 Å². The third-order valence-corrected chi connectivity index (χ3v) is 5.04. The van der Waals surface area contributed by atoms with E-state index < -0.39 is 11.0 Å². The lowest BCUT2D eigenvalue weighted by molar-refractivity contribution is -0.385. The van der Waals surface area contributed by atoms with E-state index in [2.05, 4.69) is 10.2 Å². The summed E-state index contributed by atoms with van der Waals surface area (Å²) in [5, 5.41) is 24.3. The maximum Gasteiger partial charge on any atom is 0.269 e. The number of hydrogen-bond donors (Lipinski definition) is 2. The Labute approximate surface area is 147 Å². The fraction of sp³-hybridized carbons (Fsp3) is 0.611. The number of carbonyl (C=O) groups excluding carboxylic acids is 1. The molecule has 7 heteroatoms. The van der Waals surface area contributed by atoms with Crippen LogP contribution in [0, 0.1) is 22.0 Å². The number of nitrogens with one attached hydrogen (secondary N) is 1. The van der Waals surface area contributed by atoms with Crippen LogP contribution in [0.15, 0.2) is 24.3 Å². The molecule has 1 saturated heterocycles. The highest BCUT2D eigenvalue weighted by Gasteiger charge is 2.29. The Balaban J connectivity index is 1.53. The molecule has 2 unspecified atom stereocenters. The van der Waals surface area contributed by atoms with Gasteiger partial charge in [0.2, 0.25) is 5.91 Å². The summed E-state index contributed by atoms with van der Waals surface area (Å²) in [7, 11) is 0. The largest absolute Gasteiger partial charge is 0.387 e. The van der Waals surface area contributed by atoms with Crippen LogP contribution in [0.4, 0.5) is 5.69 Å². The first-order valence-corrected chi connectivity index (χ1v) is 8.95. The molecule has 0 aromatic heterocycles. The molecule has 25 heavy (non-hydrogen) atoms. The zero-order valence-electron chi connectivity index (χ0n) is 14.3. The van der Waals surface area contributed by atoms with Crippen molar-refractivity contribution in [2.45, 2.75) is 31.8 Å². The first kappa shape index (κ1) is 17.8. The third kappa shape index (κ3) is 4.99. The second-order valence-corrected chi connectivity index (χ2v) is 7.16. The van der Waals surface area contributed by atoms with Gasteiger partial charge >= 0.3 is 0 Å². The topological polar surface area (TPSA) is 95.7 Å². The van der Waals surface area contributed by atoms with Crippen molar-refractivity contribution in [2.24, 2.45) is 11.8 Å². The molecule has 1 heterocycles. The average Bonchev–Trinajstić information content (AvgIpc) is 3.44. The molecule has 1 aromatic carbocycles. The van der Waals surface area contributed by atoms with E-state index in [1.807, 2.05) is 0 Å². The Kier molecular flexibility index (Phi) is 5.65. The van der Waals surface area contributed by atoms with E-state index in [1.54, 1.807) is 12.1 Å². The van der Waals surface area contributed by atoms with E-state index in [0.29, 0.717) is 24.6 Å². The van der Waals surface area contributed by atoms with Crippen LogP contribution in [0.3, 0.4) is 0 Å². The fourth-order valence-electron chi connectivity index (χ4n) is 3.34. The van der Waals surface area contributed by atoms with Crippen LogP contribution in [0.1, 0.15) is 37.4 Å². The number of benzene rings is 1. The number of rotatable bonds is 7. The standard InChI is InChI=1S/C18H25N3O4/c22-17(14-3-1-5-16(9-14)21(24)25)12-20-8-2-4-15(11-20)18(23)19-10-13-6-7-13/h1,3,5,9,13,15,17,22H,2,4,6-8,10-12H2,(H,19,23). The highest BCUT2D eigenvalue weighted by Crippen LogP contribution is 2.28. The number of aliphatic hydroxyl groups excluding tert-OH is 1. The first-order chi connectivity index (χ1) is 12.0. The molecular weight excluding hydrogens is 322 g/mol. The third-order valence-electron chi connectivity index (χ3n) is 5.04. The lowest BCUT2D eigenvalue weighted by Gasteiger charge is -2.33. The SMILES string of the molecule is O=C(NCC1CC1)C1CCCN(CC(O)c2cccc([N+](=O)[O-])c2)C1. The molecule has 7 nitrogen and oxygen atoms in total. The second kappa shape index (κ2) is 7.93. The normalized spacial score (nSPS) is 22.4. The molecule has 0 spiro atoms. The highest BCUT2D eigenvalue weighted by atomic mass is 16.6. The van der Waals surface area contributed by atoms with E-state index in [1.165, 1.54) is 25.0 Å². The van der Waals surface area contributed by atoms with Crippen LogP contribution in [0.25, 0.3) is 0 Å². The van der Waals surface area contributed by atoms with Gasteiger partial charge in [-0.2, -0.15) is 0 Å². The first-order valence-electron chi connectivity index (χ1n) is 8.95. The molecule has 3 rings (SSSR count). The molecule has 2 atom stereocenters. The number of nitro groups is 1. The number of carbonyl (C=O) groups is 1. The van der Waals surface area contributed by atoms with Gasteiger partial charge in [-0.3, -0.25) is 19.8 Å². The number of likely N-dealkylation sites (tertiary alicyclic amines) is 1. The Morgan fingerprint density at radius 3 is 2.92 bits per heavy atom. The lowest BCUT2D eigenvalue weighted by Crippen LogP contribution is -2.44. The minimum Gasteiger partial charge on any atom is -0.387 e. The number of nitro benzene ring substituents is 1. The minimum absolute atomic E-state index is 0.0208. The summed E-state index contributed by atoms with van der Waals surface area (Å²) >= 11 is 0. The smallest absolute Gasteiger partial charge is 0.269 e. The maximum atomic E-state index is 12.3. The zero-order valence-corrected chi connectivity index (χ0v) is 14.3. The van der Waals surface area contributed by atoms with Crippen molar-refractivity contribution >= 4 is 11.6 Å². The number of aliphatic hydroxyl groups is 1. The van der Waals surface area contributed by atoms with Gasteiger partial charge in [-0.15, -0.1) is 0 Å². The molecule has 1 aliphatic heterocycles. The Morgan fingerprint density at radius 2 is 2.20 bits per heavy atom. The number of hydrogen-bond acceptors (Lipinski definition) is 5. The minimum atomic E-state index is -0.798. The van der Waals surface area contributed by atoms with Crippen molar-refractivity contribution in [3.8, 4) is 0 Å². The summed E-state index contributed by atoms with van der Waals surface area (Å²) in [5.41, 5.74) is 0.516. The van der Waals surface area contributed by atoms with Gasteiger partial charge in [-0.25, -0.2) is 0 Å². The average molecular weight is 347 g/mol. The van der Waals surface area contributed by atoms with Gasteiger partial charge in [0.1, 0.15) is 0 Å². The molecule has 2 fully saturated rings. The Morgan fingerprint density at radius 1 is 1.40 bits per heavy atom. The molecular formula is C18H25N3O4. The second-order valence-electron chi connectivity index (χ2n) is 7.16. The van der Waals surface area contributed by atoms with Gasteiger partial charge in [0.15, 0.2) is 0 Å². The summed E-state index contributed by atoms with van der Waals surface area (Å²) in [6.07, 6.45) is 3.43. The van der Waals surface area contributed by atoms with E-state index in [9.17, 15) is 20.0 Å². The van der Waals surface area contributed by atoms with Crippen molar-refractivity contribution < 1.29 is 14.8 Å². The van der Waals surface area contributed by atoms with Crippen molar-refractivity contribution in [3.63, 3.8) is 0 Å². The zero-order chi connectivity index (χ0) is 17.8. The predicted molar refractivity (Wildman–Crippen MR) is 93.0 cm³/mol. The van der Waals surface area contributed by atoms with Crippen molar-refractivity contribution in [2.75, 3.05) is 26.2 Å². The maximum absolute atomic E-state index is 12.3. The van der Waals surface area contributed by atoms with Gasteiger partial charge in [-0.1, -0.05) is 12.1 Å². The summed E-state index contributed by atoms with van der Waals surface area (Å²) < 4.78 is 0. The molecule has 1 aliphatic carbocycles. The van der Waals surface area contributed by atoms with Crippen LogP contribution < -0.4 is 5.32 Å². The fourth-order valence-corrected chi connectivity index (χ4v) is 3.34. The Bertz CT molecular complexity index is 633. The molecule has 2 aliphatic rings. The molecule has 0 radical (unpaired) electrons. The molecule has 0 bridgehead atoms. The van der Waals surface area contributed by atoms with Crippen molar-refractivity contribution in [3.05, 3.63) is 39.9 Å². The van der Waals surface area contributed by atoms with Crippen LogP contribution >= 0.6 is 0 Å². The number of amides is 1. The summed E-state index contributed by atoms with van der Waals surface area (Å²) in [5.74, 6) is 0.741. The van der Waals surface area contributed by atoms with Crippen LogP contribution in [0.2, 0.25) is 0 Å². The van der Waals surface area contributed by atoms with E-state index in [-0.39, 0.29) is 17.5 Å². The summed E-state index contributed by atoms with van der Waals surface area (Å²) in [6.45, 7) is 2.63. The van der Waals surface area contributed by atoms with E-state index >= 15 is 0 Å². The van der Waals surface area contributed by atoms with Crippen LogP contribution in [0.5, 0.6) is 0 Å². The molecule has 136 valence electrons. The number of non-ortho nitro benzene ring substituents is 1. The molecule has 2 N–H and O–H groups in total. The number of piperidine rings is 1. The van der Waals surface area contributed by atoms with Crippen molar-refractivity contribution in [1.29, 1.82) is 0 Å². The van der Waals surface area contributed by atoms with Crippen LogP contribution in [-0.4, -0.2) is 47.0 Å². The monoisotopic (exact) mass is 347 g/mol. The number of nitrogens with zero attached hydrogens (tertiary/aromatic N) is 2. The molecule has 1 aromatic rings.